The first-order valence-electron chi connectivity index (χ1n) is 9.68. The zero-order chi connectivity index (χ0) is 23.2. The van der Waals surface area contributed by atoms with E-state index in [1.807, 2.05) is 18.0 Å². The first-order chi connectivity index (χ1) is 14.6. The highest BCUT2D eigenvalue weighted by Crippen LogP contribution is 2.40. The van der Waals surface area contributed by atoms with Gasteiger partial charge in [-0.05, 0) is 61.4 Å². The van der Waals surface area contributed by atoms with Crippen molar-refractivity contribution in [2.75, 3.05) is 19.6 Å². The first kappa shape index (κ1) is 24.7. The van der Waals surface area contributed by atoms with Crippen molar-refractivity contribution in [2.24, 2.45) is 22.9 Å². The number of alkyl halides is 3. The van der Waals surface area contributed by atoms with E-state index < -0.39 is 23.8 Å². The molecule has 172 valence electrons. The molecule has 0 bridgehead atoms. The van der Waals surface area contributed by atoms with Crippen molar-refractivity contribution in [1.82, 2.24) is 10.3 Å². The van der Waals surface area contributed by atoms with E-state index in [0.29, 0.717) is 11.5 Å². The van der Waals surface area contributed by atoms with Crippen LogP contribution < -0.4 is 5.32 Å². The normalized spacial score (nSPS) is 26.5. The van der Waals surface area contributed by atoms with Crippen LogP contribution in [0.2, 0.25) is 0 Å². The lowest BCUT2D eigenvalue weighted by molar-refractivity contribution is -0.192. The summed E-state index contributed by atoms with van der Waals surface area (Å²) in [5.74, 6) is -1.52. The van der Waals surface area contributed by atoms with Crippen LogP contribution in [0.5, 0.6) is 0 Å². The van der Waals surface area contributed by atoms with Gasteiger partial charge in [0.1, 0.15) is 18.4 Å². The van der Waals surface area contributed by atoms with Crippen LogP contribution in [-0.4, -0.2) is 54.9 Å². The molecule has 1 saturated heterocycles. The van der Waals surface area contributed by atoms with Crippen LogP contribution in [0.25, 0.3) is 0 Å². The van der Waals surface area contributed by atoms with E-state index in [4.69, 9.17) is 14.7 Å². The Balaban J connectivity index is 0.000000327. The number of halogens is 5. The molecule has 2 aliphatic heterocycles. The fourth-order valence-electron chi connectivity index (χ4n) is 4.41. The summed E-state index contributed by atoms with van der Waals surface area (Å²) < 4.78 is 58.7. The third-order valence-electron chi connectivity index (χ3n) is 5.63. The van der Waals surface area contributed by atoms with Crippen molar-refractivity contribution in [2.45, 2.75) is 31.5 Å². The fraction of sp³-hybridized carbons (Fsp3) is 0.550. The quantitative estimate of drug-likeness (QED) is 0.692. The van der Waals surface area contributed by atoms with E-state index in [0.717, 1.165) is 44.0 Å². The van der Waals surface area contributed by atoms with Gasteiger partial charge in [0.25, 0.3) is 0 Å². The van der Waals surface area contributed by atoms with E-state index in [9.17, 15) is 22.0 Å². The fourth-order valence-corrected chi connectivity index (χ4v) is 4.41. The molecule has 1 saturated carbocycles. The highest BCUT2D eigenvalue weighted by Gasteiger charge is 2.39. The minimum absolute atomic E-state index is 0.0243. The number of hydrogen-bond acceptors (Lipinski definition) is 5. The van der Waals surface area contributed by atoms with Gasteiger partial charge in [0.2, 0.25) is 0 Å². The number of nitrogens with zero attached hydrogens (tertiary/aromatic N) is 2. The second kappa shape index (κ2) is 10.7. The Morgan fingerprint density at radius 1 is 1.13 bits per heavy atom. The van der Waals surface area contributed by atoms with Gasteiger partial charge in [-0.3, -0.25) is 5.01 Å². The highest BCUT2D eigenvalue weighted by molar-refractivity contribution is 5.73. The number of nitrogens with one attached hydrogen (secondary N) is 1. The SMILES string of the molecule is C=O.Fc1cc(F)cc(C2CC=NN2CC2CC3CNCC3C2)c1.O=C(O)C(F)(F)F. The molecule has 1 aromatic rings. The largest absolute Gasteiger partial charge is 0.490 e. The lowest BCUT2D eigenvalue weighted by Crippen LogP contribution is -2.26. The van der Waals surface area contributed by atoms with Crippen LogP contribution in [0.15, 0.2) is 23.3 Å². The average Bonchev–Trinajstić information content (AvgIpc) is 3.39. The number of carbonyl (C=O) groups is 2. The van der Waals surface area contributed by atoms with Gasteiger partial charge in [-0.25, -0.2) is 13.6 Å². The topological polar surface area (TPSA) is 82.0 Å². The van der Waals surface area contributed by atoms with Crippen molar-refractivity contribution in [3.8, 4) is 0 Å². The highest BCUT2D eigenvalue weighted by atomic mass is 19.4. The number of carbonyl (C=O) groups excluding carboxylic acids is 1. The summed E-state index contributed by atoms with van der Waals surface area (Å²) in [6.07, 6.45) is -0.00330. The maximum absolute atomic E-state index is 13.5. The van der Waals surface area contributed by atoms with Crippen molar-refractivity contribution < 1.29 is 36.6 Å². The van der Waals surface area contributed by atoms with Gasteiger partial charge in [0, 0.05) is 25.2 Å². The van der Waals surface area contributed by atoms with Crippen molar-refractivity contribution in [1.29, 1.82) is 0 Å². The summed E-state index contributed by atoms with van der Waals surface area (Å²) in [4.78, 5) is 16.9. The van der Waals surface area contributed by atoms with Gasteiger partial charge in [0.15, 0.2) is 0 Å². The molecule has 2 N–H and O–H groups in total. The number of aliphatic carboxylic acids is 1. The van der Waals surface area contributed by atoms with Crippen LogP contribution in [-0.2, 0) is 9.59 Å². The average molecular weight is 449 g/mol. The predicted molar refractivity (Wildman–Crippen MR) is 102 cm³/mol. The monoisotopic (exact) mass is 449 g/mol. The zero-order valence-electron chi connectivity index (χ0n) is 16.6. The number of fused-ring (bicyclic) bond motifs is 1. The molecule has 2 heterocycles. The summed E-state index contributed by atoms with van der Waals surface area (Å²) in [5.41, 5.74) is 0.690. The third kappa shape index (κ3) is 6.71. The summed E-state index contributed by atoms with van der Waals surface area (Å²) in [6, 6.07) is 3.77. The minimum atomic E-state index is -5.08. The molecule has 11 heteroatoms. The summed E-state index contributed by atoms with van der Waals surface area (Å²) in [6.45, 7) is 5.18. The molecule has 3 aliphatic rings. The maximum atomic E-state index is 13.5. The number of rotatable bonds is 3. The number of hydrogen-bond donors (Lipinski definition) is 2. The standard InChI is InChI=1S/C17H21F2N3.C2HF3O2.CH2O/c18-15-5-12(6-16(19)7-15)17-1-2-21-22(17)10-11-3-13-8-20-9-14(13)4-11;3-2(4,5)1(6)7;1-2/h2,5-7,11,13-14,17,20H,1,3-4,8-10H2;(H,6,7);1H2. The van der Waals surface area contributed by atoms with Crippen molar-refractivity contribution >= 4 is 19.0 Å². The van der Waals surface area contributed by atoms with Crippen molar-refractivity contribution in [3.05, 3.63) is 35.4 Å². The summed E-state index contributed by atoms with van der Waals surface area (Å²) in [7, 11) is 0. The molecule has 31 heavy (non-hydrogen) atoms. The second-order valence-corrected chi connectivity index (χ2v) is 7.69. The van der Waals surface area contributed by atoms with Gasteiger partial charge in [-0.15, -0.1) is 0 Å². The van der Waals surface area contributed by atoms with E-state index in [-0.39, 0.29) is 6.04 Å². The maximum Gasteiger partial charge on any atom is 0.490 e. The summed E-state index contributed by atoms with van der Waals surface area (Å²) in [5, 5.41) is 17.1. The summed E-state index contributed by atoms with van der Waals surface area (Å²) >= 11 is 0. The molecule has 1 aromatic carbocycles. The first-order valence-corrected chi connectivity index (χ1v) is 9.68. The molecule has 0 amide bonds. The molecule has 3 atom stereocenters. The Kier molecular flexibility index (Phi) is 8.49. The van der Waals surface area contributed by atoms with Gasteiger partial charge in [-0.2, -0.15) is 18.3 Å². The lowest BCUT2D eigenvalue weighted by Gasteiger charge is -2.27. The Hall–Kier alpha value is -2.56. The smallest absolute Gasteiger partial charge is 0.475 e. The molecule has 0 radical (unpaired) electrons. The minimum Gasteiger partial charge on any atom is -0.475 e. The molecule has 1 aliphatic carbocycles. The molecule has 0 aromatic heterocycles. The van der Waals surface area contributed by atoms with E-state index in [1.54, 1.807) is 0 Å². The Morgan fingerprint density at radius 3 is 2.13 bits per heavy atom. The predicted octanol–water partition coefficient (Wildman–Crippen LogP) is 3.39. The van der Waals surface area contributed by atoms with Crippen LogP contribution in [0.4, 0.5) is 22.0 Å². The van der Waals surface area contributed by atoms with Crippen LogP contribution >= 0.6 is 0 Å². The molecule has 0 spiro atoms. The van der Waals surface area contributed by atoms with Crippen LogP contribution in [0, 0.1) is 29.4 Å². The third-order valence-corrected chi connectivity index (χ3v) is 5.63. The molecule has 6 nitrogen and oxygen atoms in total. The van der Waals surface area contributed by atoms with Crippen LogP contribution in [0.3, 0.4) is 0 Å². The van der Waals surface area contributed by atoms with E-state index in [1.165, 1.54) is 25.0 Å². The number of carboxylic acids is 1. The Morgan fingerprint density at radius 2 is 1.65 bits per heavy atom. The van der Waals surface area contributed by atoms with E-state index >= 15 is 0 Å². The molecule has 3 unspecified atom stereocenters. The Bertz CT molecular complexity index is 758. The van der Waals surface area contributed by atoms with Gasteiger partial charge in [0.05, 0.1) is 6.04 Å². The van der Waals surface area contributed by atoms with Gasteiger partial charge < -0.3 is 15.2 Å². The second-order valence-electron chi connectivity index (χ2n) is 7.69. The Labute approximate surface area is 176 Å². The molecule has 2 fully saturated rings. The molecular weight excluding hydrogens is 425 g/mol. The van der Waals surface area contributed by atoms with Gasteiger partial charge >= 0.3 is 12.1 Å². The van der Waals surface area contributed by atoms with Gasteiger partial charge in [-0.1, -0.05) is 0 Å². The number of benzene rings is 1. The zero-order valence-corrected chi connectivity index (χ0v) is 16.6. The number of hydrazone groups is 1. The lowest BCUT2D eigenvalue weighted by atomic mass is 10.0. The molecule has 4 rings (SSSR count). The molecular formula is C20H24F5N3O3. The number of carboxylic acid groups (broad SMARTS) is 1. The van der Waals surface area contributed by atoms with Crippen molar-refractivity contribution in [3.63, 3.8) is 0 Å². The van der Waals surface area contributed by atoms with E-state index in [2.05, 4.69) is 10.4 Å². The van der Waals surface area contributed by atoms with Crippen LogP contribution in [0.1, 0.15) is 30.9 Å².